The van der Waals surface area contributed by atoms with Crippen LogP contribution in [-0.2, 0) is 4.74 Å². The number of hydrogen-bond donors (Lipinski definition) is 0. The molecule has 5 nitrogen and oxygen atoms in total. The smallest absolute Gasteiger partial charge is 0.172 e. The van der Waals surface area contributed by atoms with Crippen LogP contribution in [0, 0.1) is 34.0 Å². The molecule has 39 heavy (non-hydrogen) atoms. The summed E-state index contributed by atoms with van der Waals surface area (Å²) in [5.41, 5.74) is 4.25. The van der Waals surface area contributed by atoms with Crippen LogP contribution in [0.15, 0.2) is 65.4 Å². The maximum atomic E-state index is 9.86. The lowest BCUT2D eigenvalue weighted by Crippen LogP contribution is -2.25. The summed E-state index contributed by atoms with van der Waals surface area (Å²) in [7, 11) is 0. The Morgan fingerprint density at radius 1 is 0.718 bits per heavy atom. The molecular weight excluding hydrogens is 480 g/mol. The molecule has 0 radical (unpaired) electrons. The van der Waals surface area contributed by atoms with Crippen molar-refractivity contribution in [2.75, 3.05) is 18.0 Å². The van der Waals surface area contributed by atoms with Crippen LogP contribution >= 0.6 is 0 Å². The minimum absolute atomic E-state index is 0.0658. The van der Waals surface area contributed by atoms with Crippen molar-refractivity contribution in [3.63, 3.8) is 0 Å². The number of rotatable bonds is 13. The maximum Gasteiger partial charge on any atom is 0.172 e. The largest absolute Gasteiger partial charge is 0.480 e. The van der Waals surface area contributed by atoms with E-state index < -0.39 is 5.60 Å². The fraction of sp³-hybridized carbons (Fsp3) is 0.441. The zero-order valence-corrected chi connectivity index (χ0v) is 23.9. The summed E-state index contributed by atoms with van der Waals surface area (Å²) in [4.78, 5) is 2.54. The first-order valence-electron chi connectivity index (χ1n) is 14.2. The monoisotopic (exact) mass is 520 g/mol. The summed E-state index contributed by atoms with van der Waals surface area (Å²) in [6.45, 7) is 10.4. The summed E-state index contributed by atoms with van der Waals surface area (Å²) in [6.07, 6.45) is 10.1. The molecule has 2 aromatic carbocycles. The molecule has 1 aliphatic heterocycles. The second kappa shape index (κ2) is 14.2. The van der Waals surface area contributed by atoms with Crippen LogP contribution in [0.5, 0.6) is 0 Å². The van der Waals surface area contributed by atoms with Crippen molar-refractivity contribution < 1.29 is 4.74 Å². The molecular formula is C34H40N4O. The number of benzene rings is 2. The Balaban J connectivity index is 1.83. The third kappa shape index (κ3) is 7.31. The quantitative estimate of drug-likeness (QED) is 0.195. The SMILES string of the molecule is CCCCCCN(CCCCCC)c1ccc(-c2ccc(C3=C(C#N)C(=C(C#N)C#N)OC3(C)C)cc2)cc1. The van der Waals surface area contributed by atoms with Gasteiger partial charge in [-0.1, -0.05) is 88.8 Å². The highest BCUT2D eigenvalue weighted by Gasteiger charge is 2.40. The first-order chi connectivity index (χ1) is 18.9. The molecule has 0 spiro atoms. The highest BCUT2D eigenvalue weighted by Crippen LogP contribution is 2.45. The Labute approximate surface area is 234 Å². The average molecular weight is 521 g/mol. The summed E-state index contributed by atoms with van der Waals surface area (Å²) in [6, 6.07) is 22.8. The Bertz CT molecular complexity index is 1270. The van der Waals surface area contributed by atoms with Crippen molar-refractivity contribution in [1.82, 2.24) is 0 Å². The van der Waals surface area contributed by atoms with Crippen molar-refractivity contribution in [2.45, 2.75) is 84.7 Å². The molecule has 0 aliphatic carbocycles. The summed E-state index contributed by atoms with van der Waals surface area (Å²) in [5, 5.41) is 28.5. The van der Waals surface area contributed by atoms with E-state index in [1.165, 1.54) is 57.1 Å². The fourth-order valence-electron chi connectivity index (χ4n) is 5.20. The van der Waals surface area contributed by atoms with Crippen LogP contribution in [0.3, 0.4) is 0 Å². The maximum absolute atomic E-state index is 9.86. The Kier molecular flexibility index (Phi) is 10.8. The molecule has 0 saturated heterocycles. The van der Waals surface area contributed by atoms with Crippen molar-refractivity contribution in [3.8, 4) is 29.3 Å². The zero-order valence-electron chi connectivity index (χ0n) is 23.9. The molecule has 1 heterocycles. The van der Waals surface area contributed by atoms with Crippen LogP contribution in [0.25, 0.3) is 16.7 Å². The van der Waals surface area contributed by atoms with Crippen molar-refractivity contribution in [1.29, 1.82) is 15.8 Å². The Hall–Kier alpha value is -4.01. The van der Waals surface area contributed by atoms with Gasteiger partial charge in [-0.3, -0.25) is 0 Å². The molecule has 3 rings (SSSR count). The number of nitriles is 3. The number of allylic oxidation sites excluding steroid dienone is 2. The van der Waals surface area contributed by atoms with Gasteiger partial charge in [0, 0.05) is 24.4 Å². The molecule has 1 aliphatic rings. The van der Waals surface area contributed by atoms with Gasteiger partial charge in [0.15, 0.2) is 11.3 Å². The molecule has 5 heteroatoms. The normalized spacial score (nSPS) is 13.8. The van der Waals surface area contributed by atoms with Gasteiger partial charge >= 0.3 is 0 Å². The summed E-state index contributed by atoms with van der Waals surface area (Å²) < 4.78 is 5.93. The number of ether oxygens (including phenoxy) is 1. The number of unbranched alkanes of at least 4 members (excludes halogenated alkanes) is 6. The van der Waals surface area contributed by atoms with E-state index in [1.54, 1.807) is 0 Å². The standard InChI is InChI=1S/C34H40N4O/c1-5-7-9-11-21-38(22-12-10-8-6-2)30-19-17-27(18-20-30)26-13-15-28(16-14-26)32-31(25-37)33(29(23-35)24-36)39-34(32,3)4/h13-20H,5-12,21-22H2,1-4H3. The Morgan fingerprint density at radius 2 is 1.21 bits per heavy atom. The highest BCUT2D eigenvalue weighted by molar-refractivity contribution is 5.85. The molecule has 2 aromatic rings. The molecule has 202 valence electrons. The molecule has 0 saturated carbocycles. The van der Waals surface area contributed by atoms with E-state index in [1.807, 2.05) is 50.3 Å². The lowest BCUT2D eigenvalue weighted by molar-refractivity contribution is 0.109. The number of anilines is 1. The average Bonchev–Trinajstić information content (AvgIpc) is 3.23. The predicted molar refractivity (Wildman–Crippen MR) is 158 cm³/mol. The van der Waals surface area contributed by atoms with E-state index in [0.29, 0.717) is 5.57 Å². The van der Waals surface area contributed by atoms with Crippen LogP contribution < -0.4 is 4.90 Å². The van der Waals surface area contributed by atoms with Crippen molar-refractivity contribution in [2.24, 2.45) is 0 Å². The van der Waals surface area contributed by atoms with Gasteiger partial charge in [0.25, 0.3) is 0 Å². The third-order valence-corrected chi connectivity index (χ3v) is 7.30. The molecule has 0 fully saturated rings. The third-order valence-electron chi connectivity index (χ3n) is 7.30. The van der Waals surface area contributed by atoms with E-state index in [2.05, 4.69) is 49.1 Å². The van der Waals surface area contributed by atoms with Gasteiger partial charge in [0.2, 0.25) is 0 Å². The van der Waals surface area contributed by atoms with Crippen LogP contribution in [-0.4, -0.2) is 18.7 Å². The van der Waals surface area contributed by atoms with Gasteiger partial charge < -0.3 is 9.64 Å². The van der Waals surface area contributed by atoms with Gasteiger partial charge in [0.05, 0.1) is 0 Å². The van der Waals surface area contributed by atoms with Gasteiger partial charge in [-0.2, -0.15) is 15.8 Å². The van der Waals surface area contributed by atoms with Gasteiger partial charge in [-0.25, -0.2) is 0 Å². The fourth-order valence-corrected chi connectivity index (χ4v) is 5.20. The van der Waals surface area contributed by atoms with Crippen LogP contribution in [0.4, 0.5) is 5.69 Å². The van der Waals surface area contributed by atoms with E-state index in [9.17, 15) is 15.8 Å². The van der Waals surface area contributed by atoms with Gasteiger partial charge in [-0.15, -0.1) is 0 Å². The second-order valence-electron chi connectivity index (χ2n) is 10.6. The van der Waals surface area contributed by atoms with Crippen LogP contribution in [0.1, 0.15) is 84.6 Å². The summed E-state index contributed by atoms with van der Waals surface area (Å²) in [5.74, 6) is 0.0658. The predicted octanol–water partition coefficient (Wildman–Crippen LogP) is 8.71. The molecule has 0 atom stereocenters. The molecule has 0 amide bonds. The second-order valence-corrected chi connectivity index (χ2v) is 10.6. The van der Waals surface area contributed by atoms with E-state index in [0.717, 1.165) is 29.8 Å². The molecule has 0 bridgehead atoms. The zero-order chi connectivity index (χ0) is 28.3. The van der Waals surface area contributed by atoms with Crippen molar-refractivity contribution >= 4 is 11.3 Å². The van der Waals surface area contributed by atoms with Crippen LogP contribution in [0.2, 0.25) is 0 Å². The highest BCUT2D eigenvalue weighted by atomic mass is 16.5. The minimum Gasteiger partial charge on any atom is -0.480 e. The molecule has 0 aromatic heterocycles. The van der Waals surface area contributed by atoms with E-state index in [4.69, 9.17) is 4.74 Å². The first-order valence-corrected chi connectivity index (χ1v) is 14.2. The van der Waals surface area contributed by atoms with Crippen molar-refractivity contribution in [3.05, 3.63) is 71.0 Å². The topological polar surface area (TPSA) is 83.8 Å². The number of hydrogen-bond acceptors (Lipinski definition) is 5. The van der Waals surface area contributed by atoms with E-state index >= 15 is 0 Å². The minimum atomic E-state index is -0.833. The lowest BCUT2D eigenvalue weighted by Gasteiger charge is -2.25. The summed E-state index contributed by atoms with van der Waals surface area (Å²) >= 11 is 0. The first kappa shape index (κ1) is 29.5. The Morgan fingerprint density at radius 3 is 1.67 bits per heavy atom. The molecule has 0 unspecified atom stereocenters. The lowest BCUT2D eigenvalue weighted by atomic mass is 9.88. The number of nitrogens with zero attached hydrogens (tertiary/aromatic N) is 4. The van der Waals surface area contributed by atoms with E-state index in [-0.39, 0.29) is 16.9 Å². The molecule has 0 N–H and O–H groups in total. The van der Waals surface area contributed by atoms with Gasteiger partial charge in [0.1, 0.15) is 29.4 Å². The van der Waals surface area contributed by atoms with Gasteiger partial charge in [-0.05, 0) is 55.5 Å².